The molecule has 0 saturated carbocycles. The van der Waals surface area contributed by atoms with Crippen molar-refractivity contribution in [3.8, 4) is 0 Å². The van der Waals surface area contributed by atoms with Gasteiger partial charge < -0.3 is 9.88 Å². The maximum Gasteiger partial charge on any atom is 0.182 e. The molecule has 13 heavy (non-hydrogen) atoms. The Bertz CT molecular complexity index is 396. The van der Waals surface area contributed by atoms with E-state index in [1.807, 2.05) is 19.0 Å². The van der Waals surface area contributed by atoms with Gasteiger partial charge in [0.25, 0.3) is 0 Å². The molecule has 2 heterocycles. The normalized spacial score (nSPS) is 9.69. The number of hydrogen-bond donors (Lipinski definition) is 1. The number of hydrogen-bond acceptors (Lipinski definition) is 4. The number of rotatable bonds is 1. The second kappa shape index (κ2) is 4.04. The van der Waals surface area contributed by atoms with Gasteiger partial charge in [-0.15, -0.1) is 0 Å². The molecule has 1 radical (unpaired) electrons. The van der Waals surface area contributed by atoms with Crippen LogP contribution >= 0.6 is 0 Å². The zero-order valence-electron chi connectivity index (χ0n) is 7.94. The molecule has 63 valence electrons. The molecular formula is C7H9N5Na. The molecular weight excluding hydrogens is 177 g/mol. The van der Waals surface area contributed by atoms with E-state index in [2.05, 4.69) is 19.9 Å². The first-order valence-electron chi connectivity index (χ1n) is 3.60. The Hall–Kier alpha value is -0.650. The maximum atomic E-state index is 4.12. The summed E-state index contributed by atoms with van der Waals surface area (Å²) in [5.41, 5.74) is 1.58. The number of imidazole rings is 1. The Morgan fingerprint density at radius 1 is 1.23 bits per heavy atom. The van der Waals surface area contributed by atoms with Crippen molar-refractivity contribution in [1.29, 1.82) is 0 Å². The third kappa shape index (κ3) is 1.82. The first-order chi connectivity index (χ1) is 5.79. The molecule has 0 bridgehead atoms. The van der Waals surface area contributed by atoms with Gasteiger partial charge in [-0.1, -0.05) is 0 Å². The zero-order valence-corrected chi connectivity index (χ0v) is 9.94. The van der Waals surface area contributed by atoms with Gasteiger partial charge in [0.05, 0.1) is 6.33 Å². The molecule has 0 saturated heterocycles. The molecule has 0 fully saturated rings. The molecule has 0 spiro atoms. The van der Waals surface area contributed by atoms with Crippen LogP contribution in [0.25, 0.3) is 11.2 Å². The summed E-state index contributed by atoms with van der Waals surface area (Å²) in [4.78, 5) is 17.1. The van der Waals surface area contributed by atoms with E-state index in [9.17, 15) is 0 Å². The molecule has 2 aromatic heterocycles. The number of anilines is 1. The third-order valence-corrected chi connectivity index (χ3v) is 1.63. The van der Waals surface area contributed by atoms with Gasteiger partial charge in [0.2, 0.25) is 0 Å². The van der Waals surface area contributed by atoms with Crippen LogP contribution in [-0.4, -0.2) is 63.6 Å². The Labute approximate surface area is 97.9 Å². The molecule has 5 nitrogen and oxygen atoms in total. The van der Waals surface area contributed by atoms with Crippen molar-refractivity contribution in [2.24, 2.45) is 0 Å². The maximum absolute atomic E-state index is 4.12. The SMILES string of the molecule is CN(C)c1ncnc2nc[nH]c12.[Na]. The number of aromatic nitrogens is 4. The van der Waals surface area contributed by atoms with E-state index in [0.717, 1.165) is 11.3 Å². The van der Waals surface area contributed by atoms with Gasteiger partial charge in [0, 0.05) is 43.7 Å². The van der Waals surface area contributed by atoms with Gasteiger partial charge in [-0.05, 0) is 0 Å². The number of aromatic amines is 1. The van der Waals surface area contributed by atoms with Gasteiger partial charge in [-0.25, -0.2) is 15.0 Å². The molecule has 0 aliphatic carbocycles. The fourth-order valence-corrected chi connectivity index (χ4v) is 1.09. The predicted molar refractivity (Wildman–Crippen MR) is 51.8 cm³/mol. The average molecular weight is 186 g/mol. The van der Waals surface area contributed by atoms with E-state index in [1.165, 1.54) is 6.33 Å². The minimum atomic E-state index is 0. The van der Waals surface area contributed by atoms with Crippen molar-refractivity contribution in [3.63, 3.8) is 0 Å². The molecule has 1 N–H and O–H groups in total. The van der Waals surface area contributed by atoms with Crippen LogP contribution in [0.4, 0.5) is 5.82 Å². The number of nitrogens with one attached hydrogen (secondary N) is 1. The number of fused-ring (bicyclic) bond motifs is 1. The topological polar surface area (TPSA) is 57.7 Å². The second-order valence-corrected chi connectivity index (χ2v) is 2.69. The van der Waals surface area contributed by atoms with Crippen molar-refractivity contribution < 1.29 is 0 Å². The van der Waals surface area contributed by atoms with Gasteiger partial charge in [0.1, 0.15) is 11.8 Å². The van der Waals surface area contributed by atoms with Crippen LogP contribution in [0.2, 0.25) is 0 Å². The molecule has 0 amide bonds. The molecule has 2 aromatic rings. The Morgan fingerprint density at radius 3 is 2.69 bits per heavy atom. The molecule has 6 heteroatoms. The largest absolute Gasteiger partial charge is 0.361 e. The van der Waals surface area contributed by atoms with Crippen molar-refractivity contribution >= 4 is 46.5 Å². The number of nitrogens with zero attached hydrogens (tertiary/aromatic N) is 4. The van der Waals surface area contributed by atoms with E-state index < -0.39 is 0 Å². The van der Waals surface area contributed by atoms with Crippen LogP contribution in [0.5, 0.6) is 0 Å². The van der Waals surface area contributed by atoms with Crippen molar-refractivity contribution in [3.05, 3.63) is 12.7 Å². The Balaban J connectivity index is 0.000000845. The summed E-state index contributed by atoms with van der Waals surface area (Å²) in [7, 11) is 3.87. The molecule has 0 aliphatic rings. The molecule has 0 aromatic carbocycles. The minimum absolute atomic E-state index is 0. The van der Waals surface area contributed by atoms with Crippen molar-refractivity contribution in [2.45, 2.75) is 0 Å². The van der Waals surface area contributed by atoms with Crippen LogP contribution in [0.3, 0.4) is 0 Å². The summed E-state index contributed by atoms with van der Waals surface area (Å²) < 4.78 is 0. The summed E-state index contributed by atoms with van der Waals surface area (Å²) in [6.07, 6.45) is 3.13. The van der Waals surface area contributed by atoms with Crippen LogP contribution in [0.1, 0.15) is 0 Å². The fraction of sp³-hybridized carbons (Fsp3) is 0.286. The van der Waals surface area contributed by atoms with Crippen LogP contribution in [0.15, 0.2) is 12.7 Å². The average Bonchev–Trinajstić information content (AvgIpc) is 2.49. The summed E-state index contributed by atoms with van der Waals surface area (Å²) >= 11 is 0. The first-order valence-corrected chi connectivity index (χ1v) is 3.60. The Kier molecular flexibility index (Phi) is 3.24. The zero-order chi connectivity index (χ0) is 8.55. The van der Waals surface area contributed by atoms with E-state index in [1.54, 1.807) is 6.33 Å². The fourth-order valence-electron chi connectivity index (χ4n) is 1.09. The number of H-pyrrole nitrogens is 1. The molecule has 2 rings (SSSR count). The van der Waals surface area contributed by atoms with Crippen LogP contribution < -0.4 is 4.90 Å². The minimum Gasteiger partial charge on any atom is -0.361 e. The van der Waals surface area contributed by atoms with Gasteiger partial charge in [0.15, 0.2) is 11.5 Å². The van der Waals surface area contributed by atoms with E-state index in [0.29, 0.717) is 5.65 Å². The molecule has 0 aliphatic heterocycles. The van der Waals surface area contributed by atoms with Crippen LogP contribution in [-0.2, 0) is 0 Å². The molecule has 0 atom stereocenters. The van der Waals surface area contributed by atoms with E-state index in [-0.39, 0.29) is 29.6 Å². The van der Waals surface area contributed by atoms with Gasteiger partial charge in [-0.3, -0.25) is 0 Å². The summed E-state index contributed by atoms with van der Waals surface area (Å²) in [5.74, 6) is 0.859. The summed E-state index contributed by atoms with van der Waals surface area (Å²) in [6.45, 7) is 0. The quantitative estimate of drug-likeness (QED) is 0.639. The monoisotopic (exact) mass is 186 g/mol. The van der Waals surface area contributed by atoms with Crippen molar-refractivity contribution in [2.75, 3.05) is 19.0 Å². The third-order valence-electron chi connectivity index (χ3n) is 1.63. The first kappa shape index (κ1) is 10.4. The van der Waals surface area contributed by atoms with Gasteiger partial charge in [-0.2, -0.15) is 0 Å². The van der Waals surface area contributed by atoms with E-state index in [4.69, 9.17) is 0 Å². The van der Waals surface area contributed by atoms with Crippen LogP contribution in [0, 0.1) is 0 Å². The summed E-state index contributed by atoms with van der Waals surface area (Å²) in [6, 6.07) is 0. The van der Waals surface area contributed by atoms with Gasteiger partial charge >= 0.3 is 0 Å². The summed E-state index contributed by atoms with van der Waals surface area (Å²) in [5, 5.41) is 0. The van der Waals surface area contributed by atoms with Crippen molar-refractivity contribution in [1.82, 2.24) is 19.9 Å². The standard InChI is InChI=1S/C7H9N5.Na/c1-12(2)7-5-6(9-3-8-5)10-4-11-7;/h3-4H,1-2H3,(H,8,9,10,11);. The second-order valence-electron chi connectivity index (χ2n) is 2.69. The predicted octanol–water partition coefficient (Wildman–Crippen LogP) is 0.0381. The van der Waals surface area contributed by atoms with E-state index >= 15 is 0 Å². The Morgan fingerprint density at radius 2 is 2.00 bits per heavy atom. The molecule has 0 unspecified atom stereocenters. The smallest absolute Gasteiger partial charge is 0.182 e.